The van der Waals surface area contributed by atoms with Gasteiger partial charge in [0.05, 0.1) is 0 Å². The van der Waals surface area contributed by atoms with E-state index < -0.39 is 0 Å². The van der Waals surface area contributed by atoms with Crippen molar-refractivity contribution < 1.29 is 4.74 Å². The third-order valence-electron chi connectivity index (χ3n) is 1.78. The second-order valence-corrected chi connectivity index (χ2v) is 3.48. The van der Waals surface area contributed by atoms with E-state index in [0.717, 1.165) is 6.42 Å². The number of halogens is 2. The van der Waals surface area contributed by atoms with Crippen LogP contribution in [-0.2, 0) is 11.2 Å². The minimum atomic E-state index is -0.0705. The van der Waals surface area contributed by atoms with Crippen molar-refractivity contribution in [3.05, 3.63) is 35.9 Å². The highest BCUT2D eigenvalue weighted by molar-refractivity contribution is 7.80. The van der Waals surface area contributed by atoms with Crippen molar-refractivity contribution in [2.45, 2.75) is 12.5 Å². The van der Waals surface area contributed by atoms with Gasteiger partial charge in [-0.05, 0) is 24.2 Å². The van der Waals surface area contributed by atoms with E-state index >= 15 is 0 Å². The lowest BCUT2D eigenvalue weighted by molar-refractivity contribution is 0.278. The van der Waals surface area contributed by atoms with E-state index in [2.05, 4.69) is 12.2 Å². The molecule has 0 saturated carbocycles. The molecule has 0 aromatic heterocycles. The van der Waals surface area contributed by atoms with Gasteiger partial charge in [-0.1, -0.05) is 30.3 Å². The Morgan fingerprint density at radius 3 is 2.31 bits per heavy atom. The summed E-state index contributed by atoms with van der Waals surface area (Å²) in [5, 5.41) is 0.0495. The number of hydrogen-bond donors (Lipinski definition) is 2. The minimum absolute atomic E-state index is 0. The van der Waals surface area contributed by atoms with E-state index in [1.54, 1.807) is 0 Å². The summed E-state index contributed by atoms with van der Waals surface area (Å²) in [5.41, 5.74) is 12.2. The number of ether oxygens (including phenoxy) is 1. The average molecular weight is 283 g/mol. The van der Waals surface area contributed by atoms with E-state index in [1.165, 1.54) is 5.56 Å². The van der Waals surface area contributed by atoms with Crippen LogP contribution < -0.4 is 11.5 Å². The molecule has 0 bridgehead atoms. The van der Waals surface area contributed by atoms with Gasteiger partial charge >= 0.3 is 0 Å². The summed E-state index contributed by atoms with van der Waals surface area (Å²) < 4.78 is 4.96. The Morgan fingerprint density at radius 1 is 1.25 bits per heavy atom. The van der Waals surface area contributed by atoms with Crippen LogP contribution in [0.1, 0.15) is 5.56 Å². The summed E-state index contributed by atoms with van der Waals surface area (Å²) in [5.74, 6) is 0. The number of nitrogens with two attached hydrogens (primary N) is 2. The first kappa shape index (κ1) is 17.8. The highest BCUT2D eigenvalue weighted by atomic mass is 35.5. The van der Waals surface area contributed by atoms with Crippen LogP contribution in [0.5, 0.6) is 0 Å². The van der Waals surface area contributed by atoms with Gasteiger partial charge in [0.2, 0.25) is 0 Å². The highest BCUT2D eigenvalue weighted by Crippen LogP contribution is 2.01. The molecule has 6 heteroatoms. The topological polar surface area (TPSA) is 61.3 Å². The summed E-state index contributed by atoms with van der Waals surface area (Å²) in [6.07, 6.45) is 0.767. The van der Waals surface area contributed by atoms with E-state index in [0.29, 0.717) is 6.61 Å². The molecular formula is C10H16Cl2N2OS. The maximum Gasteiger partial charge on any atom is 0.254 e. The molecule has 1 aromatic rings. The predicted molar refractivity (Wildman–Crippen MR) is 75.4 cm³/mol. The fraction of sp³-hybridized carbons (Fsp3) is 0.300. The molecule has 0 spiro atoms. The normalized spacial score (nSPS) is 10.6. The second-order valence-electron chi connectivity index (χ2n) is 3.08. The molecule has 0 aliphatic heterocycles. The van der Waals surface area contributed by atoms with E-state index in [1.807, 2.05) is 30.3 Å². The molecule has 0 aliphatic rings. The maximum absolute atomic E-state index is 5.81. The zero-order valence-corrected chi connectivity index (χ0v) is 11.1. The Morgan fingerprint density at radius 2 is 1.81 bits per heavy atom. The molecule has 0 amide bonds. The average Bonchev–Trinajstić information content (AvgIpc) is 2.16. The number of hydrogen-bond acceptors (Lipinski definition) is 3. The zero-order valence-electron chi connectivity index (χ0n) is 8.67. The molecule has 1 rings (SSSR count). The fourth-order valence-corrected chi connectivity index (χ4v) is 1.23. The first-order valence-electron chi connectivity index (χ1n) is 4.40. The number of rotatable bonds is 4. The van der Waals surface area contributed by atoms with Gasteiger partial charge in [-0.2, -0.15) is 0 Å². The largest absolute Gasteiger partial charge is 0.470 e. The lowest BCUT2D eigenvalue weighted by Gasteiger charge is -2.11. The van der Waals surface area contributed by atoms with Gasteiger partial charge in [-0.15, -0.1) is 24.8 Å². The molecule has 0 radical (unpaired) electrons. The van der Waals surface area contributed by atoms with Gasteiger partial charge in [0, 0.05) is 6.04 Å². The number of thiocarbonyl (C=S) groups is 1. The lowest BCUT2D eigenvalue weighted by Crippen LogP contribution is -2.31. The minimum Gasteiger partial charge on any atom is -0.470 e. The SMILES string of the molecule is Cl.Cl.NC(=S)OCC(N)Cc1ccccc1. The van der Waals surface area contributed by atoms with Crippen molar-refractivity contribution in [3.8, 4) is 0 Å². The molecule has 3 nitrogen and oxygen atoms in total. The molecule has 0 fully saturated rings. The molecule has 4 N–H and O–H groups in total. The van der Waals surface area contributed by atoms with E-state index in [9.17, 15) is 0 Å². The van der Waals surface area contributed by atoms with Gasteiger partial charge in [-0.3, -0.25) is 0 Å². The summed E-state index contributed by atoms with van der Waals surface area (Å²) in [6, 6.07) is 9.92. The summed E-state index contributed by atoms with van der Waals surface area (Å²) in [6.45, 7) is 0.365. The van der Waals surface area contributed by atoms with Gasteiger partial charge in [0.15, 0.2) is 0 Å². The molecule has 0 saturated heterocycles. The van der Waals surface area contributed by atoms with Crippen LogP contribution in [0.15, 0.2) is 30.3 Å². The first-order chi connectivity index (χ1) is 6.68. The summed E-state index contributed by atoms with van der Waals surface area (Å²) >= 11 is 4.58. The molecule has 1 aromatic carbocycles. The molecule has 1 unspecified atom stereocenters. The van der Waals surface area contributed by atoms with Crippen molar-refractivity contribution in [2.24, 2.45) is 11.5 Å². The van der Waals surface area contributed by atoms with Gasteiger partial charge in [-0.25, -0.2) is 0 Å². The number of benzene rings is 1. The van der Waals surface area contributed by atoms with Crippen LogP contribution in [-0.4, -0.2) is 17.8 Å². The van der Waals surface area contributed by atoms with Gasteiger partial charge in [0.25, 0.3) is 5.17 Å². The third kappa shape index (κ3) is 7.70. The Labute approximate surface area is 113 Å². The Bertz CT molecular complexity index is 298. The van der Waals surface area contributed by atoms with Crippen LogP contribution >= 0.6 is 37.0 Å². The molecule has 0 heterocycles. The standard InChI is InChI=1S/C10H14N2OS.2ClH/c11-9(7-13-10(12)14)6-8-4-2-1-3-5-8;;/h1-5,9H,6-7,11H2,(H2,12,14);2*1H. The zero-order chi connectivity index (χ0) is 10.4. The quantitative estimate of drug-likeness (QED) is 0.825. The van der Waals surface area contributed by atoms with Crippen LogP contribution in [0.3, 0.4) is 0 Å². The monoisotopic (exact) mass is 282 g/mol. The summed E-state index contributed by atoms with van der Waals surface area (Å²) in [4.78, 5) is 0. The lowest BCUT2D eigenvalue weighted by atomic mass is 10.1. The smallest absolute Gasteiger partial charge is 0.254 e. The first-order valence-corrected chi connectivity index (χ1v) is 4.81. The molecule has 92 valence electrons. The van der Waals surface area contributed by atoms with Gasteiger partial charge < -0.3 is 16.2 Å². The third-order valence-corrected chi connectivity index (χ3v) is 1.90. The Kier molecular flexibility index (Phi) is 10.8. The van der Waals surface area contributed by atoms with Crippen LogP contribution in [0.4, 0.5) is 0 Å². The van der Waals surface area contributed by atoms with Crippen LogP contribution in [0.25, 0.3) is 0 Å². The predicted octanol–water partition coefficient (Wildman–Crippen LogP) is 1.66. The van der Waals surface area contributed by atoms with Crippen LogP contribution in [0, 0.1) is 0 Å². The maximum atomic E-state index is 5.81. The molecule has 16 heavy (non-hydrogen) atoms. The molecular weight excluding hydrogens is 267 g/mol. The van der Waals surface area contributed by atoms with Crippen molar-refractivity contribution in [1.29, 1.82) is 0 Å². The van der Waals surface area contributed by atoms with Crippen molar-refractivity contribution in [3.63, 3.8) is 0 Å². The second kappa shape index (κ2) is 9.66. The molecule has 0 aliphatic carbocycles. The van der Waals surface area contributed by atoms with Crippen molar-refractivity contribution in [2.75, 3.05) is 6.61 Å². The van der Waals surface area contributed by atoms with E-state index in [4.69, 9.17) is 16.2 Å². The van der Waals surface area contributed by atoms with Crippen molar-refractivity contribution in [1.82, 2.24) is 0 Å². The summed E-state index contributed by atoms with van der Waals surface area (Å²) in [7, 11) is 0. The van der Waals surface area contributed by atoms with E-state index in [-0.39, 0.29) is 36.0 Å². The van der Waals surface area contributed by atoms with Crippen LogP contribution in [0.2, 0.25) is 0 Å². The Balaban J connectivity index is 0. The Hall–Kier alpha value is -0.550. The van der Waals surface area contributed by atoms with Gasteiger partial charge in [0.1, 0.15) is 6.61 Å². The van der Waals surface area contributed by atoms with Crippen molar-refractivity contribution >= 4 is 42.2 Å². The highest BCUT2D eigenvalue weighted by Gasteiger charge is 2.04. The molecule has 1 atom stereocenters. The fourth-order valence-electron chi connectivity index (χ4n) is 1.16.